The third-order valence-electron chi connectivity index (χ3n) is 3.35. The SMILES string of the molecule is Cc1ccc(Oc2ccc(CNC3CC3)cc2)cc1. The van der Waals surface area contributed by atoms with Gasteiger partial charge in [-0.25, -0.2) is 0 Å². The van der Waals surface area contributed by atoms with Crippen molar-refractivity contribution in [1.82, 2.24) is 5.32 Å². The molecule has 0 aromatic heterocycles. The maximum absolute atomic E-state index is 5.81. The molecular weight excluding hydrogens is 234 g/mol. The fourth-order valence-electron chi connectivity index (χ4n) is 1.97. The predicted octanol–water partition coefficient (Wildman–Crippen LogP) is 4.04. The lowest BCUT2D eigenvalue weighted by atomic mass is 10.2. The van der Waals surface area contributed by atoms with Crippen LogP contribution in [0.2, 0.25) is 0 Å². The molecule has 2 nitrogen and oxygen atoms in total. The summed E-state index contributed by atoms with van der Waals surface area (Å²) >= 11 is 0. The molecule has 19 heavy (non-hydrogen) atoms. The van der Waals surface area contributed by atoms with Gasteiger partial charge in [-0.1, -0.05) is 29.8 Å². The predicted molar refractivity (Wildman–Crippen MR) is 77.6 cm³/mol. The molecule has 0 heterocycles. The second kappa shape index (κ2) is 5.45. The zero-order chi connectivity index (χ0) is 13.1. The van der Waals surface area contributed by atoms with Crippen LogP contribution in [0.4, 0.5) is 0 Å². The third-order valence-corrected chi connectivity index (χ3v) is 3.35. The van der Waals surface area contributed by atoms with Gasteiger partial charge in [0.2, 0.25) is 0 Å². The molecule has 3 rings (SSSR count). The minimum absolute atomic E-state index is 0.753. The highest BCUT2D eigenvalue weighted by Gasteiger charge is 2.19. The molecule has 1 saturated carbocycles. The van der Waals surface area contributed by atoms with Crippen LogP contribution in [-0.4, -0.2) is 6.04 Å². The molecule has 1 N–H and O–H groups in total. The van der Waals surface area contributed by atoms with E-state index in [9.17, 15) is 0 Å². The van der Waals surface area contributed by atoms with Crippen molar-refractivity contribution in [3.05, 3.63) is 59.7 Å². The fourth-order valence-corrected chi connectivity index (χ4v) is 1.97. The van der Waals surface area contributed by atoms with E-state index in [-0.39, 0.29) is 0 Å². The molecule has 0 saturated heterocycles. The Labute approximate surface area is 114 Å². The summed E-state index contributed by atoms with van der Waals surface area (Å²) in [6.45, 7) is 3.03. The molecule has 98 valence electrons. The summed E-state index contributed by atoms with van der Waals surface area (Å²) in [5.41, 5.74) is 2.55. The minimum atomic E-state index is 0.753. The van der Waals surface area contributed by atoms with Crippen molar-refractivity contribution in [2.45, 2.75) is 32.4 Å². The molecule has 2 aromatic rings. The highest BCUT2D eigenvalue weighted by molar-refractivity contribution is 5.34. The summed E-state index contributed by atoms with van der Waals surface area (Å²) < 4.78 is 5.81. The van der Waals surface area contributed by atoms with Gasteiger partial charge in [-0.3, -0.25) is 0 Å². The van der Waals surface area contributed by atoms with E-state index < -0.39 is 0 Å². The first-order valence-electron chi connectivity index (χ1n) is 6.86. The summed E-state index contributed by atoms with van der Waals surface area (Å²) in [5.74, 6) is 1.77. The summed E-state index contributed by atoms with van der Waals surface area (Å²) in [7, 11) is 0. The second-order valence-corrected chi connectivity index (χ2v) is 5.21. The molecular formula is C17H19NO. The van der Waals surface area contributed by atoms with Crippen molar-refractivity contribution < 1.29 is 4.74 Å². The molecule has 1 fully saturated rings. The van der Waals surface area contributed by atoms with Crippen molar-refractivity contribution in [3.63, 3.8) is 0 Å². The van der Waals surface area contributed by atoms with Gasteiger partial charge >= 0.3 is 0 Å². The van der Waals surface area contributed by atoms with Gasteiger partial charge < -0.3 is 10.1 Å². The summed E-state index contributed by atoms with van der Waals surface area (Å²) in [4.78, 5) is 0. The topological polar surface area (TPSA) is 21.3 Å². The molecule has 0 bridgehead atoms. The van der Waals surface area contributed by atoms with Crippen LogP contribution in [0, 0.1) is 6.92 Å². The van der Waals surface area contributed by atoms with E-state index >= 15 is 0 Å². The molecule has 0 radical (unpaired) electrons. The van der Waals surface area contributed by atoms with E-state index in [0.717, 1.165) is 24.1 Å². The number of benzene rings is 2. The lowest BCUT2D eigenvalue weighted by molar-refractivity contribution is 0.482. The fraction of sp³-hybridized carbons (Fsp3) is 0.294. The lowest BCUT2D eigenvalue weighted by Gasteiger charge is -2.07. The van der Waals surface area contributed by atoms with Gasteiger partial charge in [0.15, 0.2) is 0 Å². The maximum Gasteiger partial charge on any atom is 0.127 e. The van der Waals surface area contributed by atoms with Gasteiger partial charge in [-0.2, -0.15) is 0 Å². The molecule has 1 aliphatic carbocycles. The normalized spacial score (nSPS) is 14.4. The van der Waals surface area contributed by atoms with Crippen LogP contribution in [0.5, 0.6) is 11.5 Å². The second-order valence-electron chi connectivity index (χ2n) is 5.21. The van der Waals surface area contributed by atoms with Crippen molar-refractivity contribution in [1.29, 1.82) is 0 Å². The number of nitrogens with one attached hydrogen (secondary N) is 1. The Balaban J connectivity index is 1.59. The van der Waals surface area contributed by atoms with Gasteiger partial charge in [0.05, 0.1) is 0 Å². The first kappa shape index (κ1) is 12.2. The minimum Gasteiger partial charge on any atom is -0.457 e. The molecule has 0 aliphatic heterocycles. The smallest absolute Gasteiger partial charge is 0.127 e. The van der Waals surface area contributed by atoms with E-state index in [2.05, 4.69) is 36.5 Å². The Kier molecular flexibility index (Phi) is 3.51. The Morgan fingerprint density at radius 2 is 1.53 bits per heavy atom. The summed E-state index contributed by atoms with van der Waals surface area (Å²) in [5, 5.41) is 3.51. The summed E-state index contributed by atoms with van der Waals surface area (Å²) in [6.07, 6.45) is 2.66. The average molecular weight is 253 g/mol. The molecule has 0 unspecified atom stereocenters. The standard InChI is InChI=1S/C17H19NO/c1-13-2-8-16(9-3-13)19-17-10-4-14(5-11-17)12-18-15-6-7-15/h2-5,8-11,15,18H,6-7,12H2,1H3. The average Bonchev–Trinajstić information content (AvgIpc) is 3.25. The van der Waals surface area contributed by atoms with Gasteiger partial charge in [0.1, 0.15) is 11.5 Å². The zero-order valence-corrected chi connectivity index (χ0v) is 11.2. The molecule has 0 amide bonds. The monoisotopic (exact) mass is 253 g/mol. The third kappa shape index (κ3) is 3.58. The Morgan fingerprint density at radius 1 is 0.947 bits per heavy atom. The number of aryl methyl sites for hydroxylation is 1. The van der Waals surface area contributed by atoms with Crippen LogP contribution in [0.1, 0.15) is 24.0 Å². The van der Waals surface area contributed by atoms with Crippen LogP contribution >= 0.6 is 0 Å². The van der Waals surface area contributed by atoms with Crippen LogP contribution in [-0.2, 0) is 6.54 Å². The number of hydrogen-bond acceptors (Lipinski definition) is 2. The Morgan fingerprint density at radius 3 is 2.11 bits per heavy atom. The van der Waals surface area contributed by atoms with Crippen molar-refractivity contribution in [2.24, 2.45) is 0 Å². The largest absolute Gasteiger partial charge is 0.457 e. The van der Waals surface area contributed by atoms with E-state index in [1.54, 1.807) is 0 Å². The van der Waals surface area contributed by atoms with E-state index in [1.807, 2.05) is 24.3 Å². The van der Waals surface area contributed by atoms with Gasteiger partial charge in [0.25, 0.3) is 0 Å². The number of hydrogen-bond donors (Lipinski definition) is 1. The molecule has 1 aliphatic rings. The first-order valence-corrected chi connectivity index (χ1v) is 6.86. The number of rotatable bonds is 5. The van der Waals surface area contributed by atoms with E-state index in [4.69, 9.17) is 4.74 Å². The van der Waals surface area contributed by atoms with E-state index in [1.165, 1.54) is 24.0 Å². The first-order chi connectivity index (χ1) is 9.29. The van der Waals surface area contributed by atoms with Crippen LogP contribution in [0.3, 0.4) is 0 Å². The van der Waals surface area contributed by atoms with Crippen molar-refractivity contribution in [3.8, 4) is 11.5 Å². The molecule has 0 atom stereocenters. The van der Waals surface area contributed by atoms with Crippen LogP contribution in [0.25, 0.3) is 0 Å². The van der Waals surface area contributed by atoms with E-state index in [0.29, 0.717) is 0 Å². The molecule has 2 aromatic carbocycles. The quantitative estimate of drug-likeness (QED) is 0.868. The lowest BCUT2D eigenvalue weighted by Crippen LogP contribution is -2.14. The van der Waals surface area contributed by atoms with Crippen molar-refractivity contribution in [2.75, 3.05) is 0 Å². The van der Waals surface area contributed by atoms with Crippen LogP contribution < -0.4 is 10.1 Å². The zero-order valence-electron chi connectivity index (χ0n) is 11.2. The highest BCUT2D eigenvalue weighted by Crippen LogP contribution is 2.23. The van der Waals surface area contributed by atoms with Crippen LogP contribution in [0.15, 0.2) is 48.5 Å². The van der Waals surface area contributed by atoms with Gasteiger partial charge in [0, 0.05) is 12.6 Å². The van der Waals surface area contributed by atoms with Gasteiger partial charge in [-0.15, -0.1) is 0 Å². The number of ether oxygens (including phenoxy) is 1. The van der Waals surface area contributed by atoms with Gasteiger partial charge in [-0.05, 0) is 49.6 Å². The Bertz CT molecular complexity index is 526. The highest BCUT2D eigenvalue weighted by atomic mass is 16.5. The Hall–Kier alpha value is -1.80. The molecule has 2 heteroatoms. The summed E-state index contributed by atoms with van der Waals surface area (Å²) in [6, 6.07) is 17.2. The molecule has 0 spiro atoms. The van der Waals surface area contributed by atoms with Crippen molar-refractivity contribution >= 4 is 0 Å². The maximum atomic E-state index is 5.81.